The number of benzene rings is 2. The molecule has 2 aromatic rings. The Bertz CT molecular complexity index is 635. The van der Waals surface area contributed by atoms with E-state index in [1.165, 1.54) is 10.0 Å². The third-order valence-electron chi connectivity index (χ3n) is 4.14. The molecule has 0 bridgehead atoms. The molecular formula is C18H19BrFN. The standard InChI is InChI=1S/C18H19BrFN/c1-13-6-7-14(9-18(13)20)10-21-11-15(12-21)8-16-4-2-3-5-17(16)19/h2-7,9,15H,8,10-12H2,1H3. The van der Waals surface area contributed by atoms with E-state index < -0.39 is 0 Å². The number of aryl methyl sites for hydroxylation is 1. The van der Waals surface area contributed by atoms with Crippen molar-refractivity contribution in [1.82, 2.24) is 4.90 Å². The van der Waals surface area contributed by atoms with Crippen LogP contribution in [0.4, 0.5) is 4.39 Å². The summed E-state index contributed by atoms with van der Waals surface area (Å²) in [7, 11) is 0. The fraction of sp³-hybridized carbons (Fsp3) is 0.333. The maximum Gasteiger partial charge on any atom is 0.126 e. The Kier molecular flexibility index (Phi) is 4.41. The first-order chi connectivity index (χ1) is 10.1. The smallest absolute Gasteiger partial charge is 0.126 e. The van der Waals surface area contributed by atoms with Gasteiger partial charge in [0.25, 0.3) is 0 Å². The van der Waals surface area contributed by atoms with Gasteiger partial charge in [0, 0.05) is 24.1 Å². The molecule has 1 saturated heterocycles. The molecule has 0 spiro atoms. The SMILES string of the molecule is Cc1ccc(CN2CC(Cc3ccccc3Br)C2)cc1F. The average molecular weight is 348 g/mol. The van der Waals surface area contributed by atoms with E-state index in [0.29, 0.717) is 11.5 Å². The monoisotopic (exact) mass is 347 g/mol. The summed E-state index contributed by atoms with van der Waals surface area (Å²) in [5.41, 5.74) is 3.16. The Morgan fingerprint density at radius 1 is 1.19 bits per heavy atom. The molecule has 0 N–H and O–H groups in total. The molecule has 0 radical (unpaired) electrons. The summed E-state index contributed by atoms with van der Waals surface area (Å²) in [4.78, 5) is 2.38. The van der Waals surface area contributed by atoms with E-state index in [2.05, 4.69) is 39.0 Å². The van der Waals surface area contributed by atoms with Crippen molar-refractivity contribution in [3.05, 3.63) is 69.4 Å². The van der Waals surface area contributed by atoms with Gasteiger partial charge in [0.15, 0.2) is 0 Å². The highest BCUT2D eigenvalue weighted by Gasteiger charge is 2.27. The minimum atomic E-state index is -0.0993. The second-order valence-electron chi connectivity index (χ2n) is 5.94. The topological polar surface area (TPSA) is 3.24 Å². The normalized spacial score (nSPS) is 16.0. The highest BCUT2D eigenvalue weighted by molar-refractivity contribution is 9.10. The molecule has 3 heteroatoms. The minimum absolute atomic E-state index is 0.0993. The summed E-state index contributed by atoms with van der Waals surface area (Å²) in [5, 5.41) is 0. The van der Waals surface area contributed by atoms with Crippen molar-refractivity contribution in [2.24, 2.45) is 5.92 Å². The average Bonchev–Trinajstić information content (AvgIpc) is 2.42. The van der Waals surface area contributed by atoms with Crippen molar-refractivity contribution in [2.75, 3.05) is 13.1 Å². The Balaban J connectivity index is 1.52. The molecule has 0 unspecified atom stereocenters. The van der Waals surface area contributed by atoms with Gasteiger partial charge >= 0.3 is 0 Å². The molecule has 1 heterocycles. The molecule has 0 atom stereocenters. The molecule has 1 aliphatic heterocycles. The van der Waals surface area contributed by atoms with Crippen molar-refractivity contribution in [3.63, 3.8) is 0 Å². The third kappa shape index (κ3) is 3.53. The van der Waals surface area contributed by atoms with Crippen LogP contribution in [0.25, 0.3) is 0 Å². The van der Waals surface area contributed by atoms with Gasteiger partial charge in [-0.25, -0.2) is 4.39 Å². The number of halogens is 2. The van der Waals surface area contributed by atoms with E-state index in [-0.39, 0.29) is 5.82 Å². The third-order valence-corrected chi connectivity index (χ3v) is 4.92. The van der Waals surface area contributed by atoms with E-state index >= 15 is 0 Å². The van der Waals surface area contributed by atoms with Crippen LogP contribution in [0.2, 0.25) is 0 Å². The van der Waals surface area contributed by atoms with Crippen molar-refractivity contribution >= 4 is 15.9 Å². The van der Waals surface area contributed by atoms with Gasteiger partial charge in [0.05, 0.1) is 0 Å². The molecular weight excluding hydrogens is 329 g/mol. The molecule has 0 aliphatic carbocycles. The fourth-order valence-corrected chi connectivity index (χ4v) is 3.35. The van der Waals surface area contributed by atoms with Gasteiger partial charge in [-0.1, -0.05) is 46.3 Å². The van der Waals surface area contributed by atoms with Crippen LogP contribution < -0.4 is 0 Å². The number of hydrogen-bond donors (Lipinski definition) is 0. The van der Waals surface area contributed by atoms with Crippen molar-refractivity contribution in [1.29, 1.82) is 0 Å². The summed E-state index contributed by atoms with van der Waals surface area (Å²) in [6.45, 7) is 4.84. The summed E-state index contributed by atoms with van der Waals surface area (Å²) in [5.74, 6) is 0.608. The van der Waals surface area contributed by atoms with Crippen LogP contribution in [0.5, 0.6) is 0 Å². The molecule has 1 fully saturated rings. The van der Waals surface area contributed by atoms with E-state index in [9.17, 15) is 4.39 Å². The summed E-state index contributed by atoms with van der Waals surface area (Å²) in [6, 6.07) is 14.0. The van der Waals surface area contributed by atoms with Crippen LogP contribution in [0, 0.1) is 18.7 Å². The zero-order valence-corrected chi connectivity index (χ0v) is 13.7. The van der Waals surface area contributed by atoms with Gasteiger partial charge in [-0.2, -0.15) is 0 Å². The highest BCUT2D eigenvalue weighted by Crippen LogP contribution is 2.26. The second kappa shape index (κ2) is 6.29. The summed E-state index contributed by atoms with van der Waals surface area (Å²) >= 11 is 3.61. The predicted molar refractivity (Wildman–Crippen MR) is 87.8 cm³/mol. The lowest BCUT2D eigenvalue weighted by molar-refractivity contribution is 0.0924. The fourth-order valence-electron chi connectivity index (χ4n) is 2.90. The predicted octanol–water partition coefficient (Wildman–Crippen LogP) is 4.57. The lowest BCUT2D eigenvalue weighted by atomic mass is 9.91. The van der Waals surface area contributed by atoms with Gasteiger partial charge in [-0.05, 0) is 48.1 Å². The first-order valence-electron chi connectivity index (χ1n) is 7.32. The molecule has 110 valence electrons. The largest absolute Gasteiger partial charge is 0.298 e. The maximum atomic E-state index is 13.5. The number of rotatable bonds is 4. The Hall–Kier alpha value is -1.19. The molecule has 3 rings (SSSR count). The summed E-state index contributed by atoms with van der Waals surface area (Å²) in [6.07, 6.45) is 1.11. The molecule has 1 nitrogen and oxygen atoms in total. The van der Waals surface area contributed by atoms with E-state index in [4.69, 9.17) is 0 Å². The quantitative estimate of drug-likeness (QED) is 0.782. The zero-order chi connectivity index (χ0) is 14.8. The zero-order valence-electron chi connectivity index (χ0n) is 12.2. The van der Waals surface area contributed by atoms with E-state index in [0.717, 1.165) is 31.6 Å². The molecule has 0 aromatic heterocycles. The van der Waals surface area contributed by atoms with E-state index in [1.807, 2.05) is 18.2 Å². The minimum Gasteiger partial charge on any atom is -0.298 e. The van der Waals surface area contributed by atoms with Crippen molar-refractivity contribution in [3.8, 4) is 0 Å². The Morgan fingerprint density at radius 3 is 2.67 bits per heavy atom. The highest BCUT2D eigenvalue weighted by atomic mass is 79.9. The molecule has 2 aromatic carbocycles. The van der Waals surface area contributed by atoms with Gasteiger partial charge in [-0.3, -0.25) is 4.90 Å². The Labute approximate surface area is 133 Å². The lowest BCUT2D eigenvalue weighted by Gasteiger charge is -2.39. The van der Waals surface area contributed by atoms with Crippen molar-refractivity contribution in [2.45, 2.75) is 19.9 Å². The first kappa shape index (κ1) is 14.7. The summed E-state index contributed by atoms with van der Waals surface area (Å²) < 4.78 is 14.7. The van der Waals surface area contributed by atoms with Crippen LogP contribution in [0.3, 0.4) is 0 Å². The van der Waals surface area contributed by atoms with Crippen LogP contribution in [0.15, 0.2) is 46.9 Å². The number of hydrogen-bond acceptors (Lipinski definition) is 1. The lowest BCUT2D eigenvalue weighted by Crippen LogP contribution is -2.46. The van der Waals surface area contributed by atoms with Gasteiger partial charge < -0.3 is 0 Å². The van der Waals surface area contributed by atoms with Gasteiger partial charge in [0.1, 0.15) is 5.82 Å². The molecule has 0 saturated carbocycles. The van der Waals surface area contributed by atoms with Crippen molar-refractivity contribution < 1.29 is 4.39 Å². The second-order valence-corrected chi connectivity index (χ2v) is 6.79. The molecule has 1 aliphatic rings. The Morgan fingerprint density at radius 2 is 1.95 bits per heavy atom. The van der Waals surface area contributed by atoms with Crippen LogP contribution >= 0.6 is 15.9 Å². The molecule has 21 heavy (non-hydrogen) atoms. The molecule has 0 amide bonds. The van der Waals surface area contributed by atoms with Gasteiger partial charge in [-0.15, -0.1) is 0 Å². The number of nitrogens with zero attached hydrogens (tertiary/aromatic N) is 1. The van der Waals surface area contributed by atoms with Crippen LogP contribution in [-0.2, 0) is 13.0 Å². The van der Waals surface area contributed by atoms with Gasteiger partial charge in [0.2, 0.25) is 0 Å². The number of likely N-dealkylation sites (tertiary alicyclic amines) is 1. The maximum absolute atomic E-state index is 13.5. The van der Waals surface area contributed by atoms with E-state index in [1.54, 1.807) is 13.0 Å². The van der Waals surface area contributed by atoms with Crippen LogP contribution in [0.1, 0.15) is 16.7 Å². The van der Waals surface area contributed by atoms with Crippen LogP contribution in [-0.4, -0.2) is 18.0 Å². The first-order valence-corrected chi connectivity index (χ1v) is 8.12.